The highest BCUT2D eigenvalue weighted by Crippen LogP contribution is 2.33. The van der Waals surface area contributed by atoms with Crippen LogP contribution in [0.2, 0.25) is 0 Å². The van der Waals surface area contributed by atoms with Crippen LogP contribution in [0.3, 0.4) is 0 Å². The van der Waals surface area contributed by atoms with E-state index in [4.69, 9.17) is 9.47 Å². The Morgan fingerprint density at radius 1 is 1.00 bits per heavy atom. The lowest BCUT2D eigenvalue weighted by molar-refractivity contribution is -0.223. The van der Waals surface area contributed by atoms with Crippen LogP contribution in [0.25, 0.3) is 0 Å². The van der Waals surface area contributed by atoms with Crippen LogP contribution in [0.4, 0.5) is 0 Å². The molecule has 0 unspecified atom stereocenters. The smallest absolute Gasteiger partial charge is 0.184 e. The van der Waals surface area contributed by atoms with Gasteiger partial charge in [0, 0.05) is 18.0 Å². The molecular weight excluding hydrogens is 286 g/mol. The molecule has 0 aliphatic carbocycles. The molecule has 1 aliphatic rings. The number of hydrogen-bond acceptors (Lipinski definition) is 3. The number of ether oxygens (including phenoxy) is 2. The second kappa shape index (κ2) is 7.73. The molecule has 1 heterocycles. The Labute approximate surface area is 138 Å². The van der Waals surface area contributed by atoms with E-state index >= 15 is 0 Å². The second-order valence-electron chi connectivity index (χ2n) is 6.36. The summed E-state index contributed by atoms with van der Waals surface area (Å²) in [5.74, 6) is 0.348. The van der Waals surface area contributed by atoms with Crippen molar-refractivity contribution in [3.63, 3.8) is 0 Å². The third-order valence-electron chi connectivity index (χ3n) is 4.28. The third-order valence-corrected chi connectivity index (χ3v) is 4.28. The molecule has 0 radical (unpaired) electrons. The highest BCUT2D eigenvalue weighted by Gasteiger charge is 2.31. The van der Waals surface area contributed by atoms with E-state index in [-0.39, 0.29) is 12.4 Å². The number of nitrogens with zero attached hydrogens (tertiary/aromatic N) is 1. The van der Waals surface area contributed by atoms with Gasteiger partial charge in [0.05, 0.1) is 12.7 Å². The molecule has 3 heteroatoms. The van der Waals surface area contributed by atoms with Crippen LogP contribution in [0.1, 0.15) is 29.8 Å². The maximum Gasteiger partial charge on any atom is 0.184 e. The van der Waals surface area contributed by atoms with Crippen LogP contribution in [0.5, 0.6) is 0 Å². The van der Waals surface area contributed by atoms with Crippen LogP contribution in [0.15, 0.2) is 60.7 Å². The normalized spacial score (nSPS) is 22.9. The van der Waals surface area contributed by atoms with Gasteiger partial charge in [0.1, 0.15) is 0 Å². The van der Waals surface area contributed by atoms with Gasteiger partial charge in [0.2, 0.25) is 0 Å². The molecule has 1 aliphatic heterocycles. The summed E-state index contributed by atoms with van der Waals surface area (Å²) in [7, 11) is 4.23. The van der Waals surface area contributed by atoms with Gasteiger partial charge < -0.3 is 14.4 Å². The first-order valence-corrected chi connectivity index (χ1v) is 8.25. The van der Waals surface area contributed by atoms with Crippen LogP contribution in [-0.2, 0) is 9.47 Å². The largest absolute Gasteiger partial charge is 0.348 e. The van der Waals surface area contributed by atoms with Gasteiger partial charge >= 0.3 is 0 Å². The van der Waals surface area contributed by atoms with E-state index in [1.807, 2.05) is 18.2 Å². The average molecular weight is 311 g/mol. The van der Waals surface area contributed by atoms with Crippen molar-refractivity contribution in [2.24, 2.45) is 0 Å². The molecule has 3 rings (SSSR count). The molecule has 23 heavy (non-hydrogen) atoms. The molecule has 3 atom stereocenters. The van der Waals surface area contributed by atoms with Crippen LogP contribution < -0.4 is 0 Å². The summed E-state index contributed by atoms with van der Waals surface area (Å²) in [6, 6.07) is 20.9. The summed E-state index contributed by atoms with van der Waals surface area (Å²) >= 11 is 0. The fraction of sp³-hybridized carbons (Fsp3) is 0.400. The number of benzene rings is 2. The molecule has 0 aromatic heterocycles. The summed E-state index contributed by atoms with van der Waals surface area (Å²) in [6.07, 6.45) is 0.832. The molecule has 1 saturated heterocycles. The van der Waals surface area contributed by atoms with Crippen molar-refractivity contribution in [2.75, 3.05) is 27.2 Å². The van der Waals surface area contributed by atoms with Gasteiger partial charge in [-0.25, -0.2) is 0 Å². The first-order chi connectivity index (χ1) is 11.2. The van der Waals surface area contributed by atoms with E-state index in [1.165, 1.54) is 5.56 Å². The number of likely N-dealkylation sites (N-methyl/N-ethyl adjacent to an activating group) is 1. The summed E-state index contributed by atoms with van der Waals surface area (Å²) in [6.45, 7) is 1.71. The molecule has 0 N–H and O–H groups in total. The van der Waals surface area contributed by atoms with E-state index in [2.05, 4.69) is 61.5 Å². The minimum absolute atomic E-state index is 0.166. The maximum absolute atomic E-state index is 6.34. The summed E-state index contributed by atoms with van der Waals surface area (Å²) in [5.41, 5.74) is 2.42. The van der Waals surface area contributed by atoms with E-state index in [0.29, 0.717) is 5.92 Å². The van der Waals surface area contributed by atoms with Crippen molar-refractivity contribution >= 4 is 0 Å². The van der Waals surface area contributed by atoms with Crippen LogP contribution >= 0.6 is 0 Å². The van der Waals surface area contributed by atoms with E-state index < -0.39 is 0 Å². The van der Waals surface area contributed by atoms with E-state index in [1.54, 1.807) is 0 Å². The van der Waals surface area contributed by atoms with Crippen molar-refractivity contribution in [1.29, 1.82) is 0 Å². The van der Waals surface area contributed by atoms with Crippen molar-refractivity contribution in [3.05, 3.63) is 71.8 Å². The highest BCUT2D eigenvalue weighted by atomic mass is 16.7. The third kappa shape index (κ3) is 4.20. The zero-order valence-corrected chi connectivity index (χ0v) is 13.9. The lowest BCUT2D eigenvalue weighted by Crippen LogP contribution is -2.36. The molecule has 0 bridgehead atoms. The SMILES string of the molecule is CN(C)C[C@@H](c1ccccc1)[C@@H]1CCO[C@H](c2ccccc2)O1. The summed E-state index contributed by atoms with van der Waals surface area (Å²) < 4.78 is 12.2. The molecule has 1 fully saturated rings. The summed E-state index contributed by atoms with van der Waals surface area (Å²) in [5, 5.41) is 0. The Morgan fingerprint density at radius 2 is 1.65 bits per heavy atom. The van der Waals surface area contributed by atoms with Crippen LogP contribution in [-0.4, -0.2) is 38.3 Å². The average Bonchev–Trinajstić information content (AvgIpc) is 2.61. The molecule has 122 valence electrons. The predicted octanol–water partition coefficient (Wildman–Crippen LogP) is 3.84. The van der Waals surface area contributed by atoms with Gasteiger partial charge in [-0.3, -0.25) is 0 Å². The zero-order valence-electron chi connectivity index (χ0n) is 13.9. The van der Waals surface area contributed by atoms with Crippen molar-refractivity contribution in [3.8, 4) is 0 Å². The summed E-state index contributed by atoms with van der Waals surface area (Å²) in [4.78, 5) is 2.23. The topological polar surface area (TPSA) is 21.7 Å². The molecule has 2 aromatic rings. The lowest BCUT2D eigenvalue weighted by Gasteiger charge is -2.36. The Balaban J connectivity index is 1.79. The van der Waals surface area contributed by atoms with Gasteiger partial charge in [0.15, 0.2) is 6.29 Å². The van der Waals surface area contributed by atoms with Gasteiger partial charge in [-0.05, 0) is 26.1 Å². The molecule has 0 amide bonds. The lowest BCUT2D eigenvalue weighted by atomic mass is 9.90. The molecular formula is C20H25NO2. The van der Waals surface area contributed by atoms with Gasteiger partial charge in [-0.15, -0.1) is 0 Å². The number of hydrogen-bond donors (Lipinski definition) is 0. The molecule has 3 nitrogen and oxygen atoms in total. The van der Waals surface area contributed by atoms with Crippen LogP contribution in [0, 0.1) is 0 Å². The minimum Gasteiger partial charge on any atom is -0.348 e. The molecule has 0 saturated carbocycles. The quantitative estimate of drug-likeness (QED) is 0.837. The fourth-order valence-corrected chi connectivity index (χ4v) is 3.17. The first-order valence-electron chi connectivity index (χ1n) is 8.25. The Bertz CT molecular complexity index is 585. The van der Waals surface area contributed by atoms with Gasteiger partial charge in [0.25, 0.3) is 0 Å². The predicted molar refractivity (Wildman–Crippen MR) is 92.4 cm³/mol. The highest BCUT2D eigenvalue weighted by molar-refractivity contribution is 5.22. The van der Waals surface area contributed by atoms with Gasteiger partial charge in [-0.1, -0.05) is 60.7 Å². The van der Waals surface area contributed by atoms with Crippen molar-refractivity contribution in [1.82, 2.24) is 4.90 Å². The van der Waals surface area contributed by atoms with Crippen molar-refractivity contribution in [2.45, 2.75) is 24.7 Å². The monoisotopic (exact) mass is 311 g/mol. The number of rotatable bonds is 5. The minimum atomic E-state index is -0.261. The Morgan fingerprint density at radius 3 is 2.30 bits per heavy atom. The van der Waals surface area contributed by atoms with E-state index in [0.717, 1.165) is 25.1 Å². The Hall–Kier alpha value is -1.68. The second-order valence-corrected chi connectivity index (χ2v) is 6.36. The Kier molecular flexibility index (Phi) is 5.44. The maximum atomic E-state index is 6.34. The zero-order chi connectivity index (χ0) is 16.1. The molecule has 0 spiro atoms. The standard InChI is InChI=1S/C20H25NO2/c1-21(2)15-18(16-9-5-3-6-10-16)19-13-14-22-20(23-19)17-11-7-4-8-12-17/h3-12,18-20H,13-15H2,1-2H3/t18-,19-,20-/m0/s1. The van der Waals surface area contributed by atoms with E-state index in [9.17, 15) is 0 Å². The van der Waals surface area contributed by atoms with Crippen molar-refractivity contribution < 1.29 is 9.47 Å². The first kappa shape index (κ1) is 16.2. The van der Waals surface area contributed by atoms with Gasteiger partial charge in [-0.2, -0.15) is 0 Å². The fourth-order valence-electron chi connectivity index (χ4n) is 3.17. The molecule has 2 aromatic carbocycles.